The standard InChI is InChI=1S/C20H26N4/c1-13(2)21-18-11-19(23-20(22-18)15-8-9-15)24-12-17-7-5-4-6-16(17)10-14(24)3/h4-7,11,13-15H,8-10,12H2,1-3H3,(H,21,22,23)/t14-/m1/s1. The van der Waals surface area contributed by atoms with E-state index in [2.05, 4.69) is 61.3 Å². The van der Waals surface area contributed by atoms with Crippen molar-refractivity contribution in [1.29, 1.82) is 0 Å². The molecule has 0 saturated heterocycles. The monoisotopic (exact) mass is 322 g/mol. The second-order valence-corrected chi connectivity index (χ2v) is 7.49. The molecule has 0 unspecified atom stereocenters. The Bertz CT molecular complexity index is 736. The molecule has 1 aromatic heterocycles. The molecular formula is C20H26N4. The van der Waals surface area contributed by atoms with Gasteiger partial charge in [0.15, 0.2) is 0 Å². The normalized spacial score (nSPS) is 20.2. The molecule has 4 rings (SSSR count). The highest BCUT2D eigenvalue weighted by atomic mass is 15.2. The van der Waals surface area contributed by atoms with Gasteiger partial charge in [0.25, 0.3) is 0 Å². The van der Waals surface area contributed by atoms with Crippen molar-refractivity contribution in [2.45, 2.75) is 64.6 Å². The first kappa shape index (κ1) is 15.4. The SMILES string of the molecule is CC(C)Nc1cc(N2Cc3ccccc3C[C@H]2C)nc(C2CC2)n1. The average Bonchev–Trinajstić information content (AvgIpc) is 3.38. The molecule has 1 N–H and O–H groups in total. The van der Waals surface area contributed by atoms with E-state index < -0.39 is 0 Å². The summed E-state index contributed by atoms with van der Waals surface area (Å²) in [5.74, 6) is 3.60. The van der Waals surface area contributed by atoms with E-state index >= 15 is 0 Å². The van der Waals surface area contributed by atoms with E-state index in [9.17, 15) is 0 Å². The van der Waals surface area contributed by atoms with Crippen LogP contribution in [0.5, 0.6) is 0 Å². The smallest absolute Gasteiger partial charge is 0.136 e. The van der Waals surface area contributed by atoms with E-state index in [1.54, 1.807) is 0 Å². The van der Waals surface area contributed by atoms with Gasteiger partial charge in [-0.2, -0.15) is 0 Å². The number of rotatable bonds is 4. The first-order valence-corrected chi connectivity index (χ1v) is 9.09. The molecule has 2 aliphatic rings. The Hall–Kier alpha value is -2.10. The Balaban J connectivity index is 1.68. The predicted octanol–water partition coefficient (Wildman–Crippen LogP) is 4.13. The molecule has 0 spiro atoms. The van der Waals surface area contributed by atoms with Crippen molar-refractivity contribution in [1.82, 2.24) is 9.97 Å². The number of aromatic nitrogens is 2. The molecule has 2 heterocycles. The summed E-state index contributed by atoms with van der Waals surface area (Å²) in [5, 5.41) is 3.46. The molecule has 1 aliphatic heterocycles. The topological polar surface area (TPSA) is 41.0 Å². The lowest BCUT2D eigenvalue weighted by Crippen LogP contribution is -2.39. The van der Waals surface area contributed by atoms with Gasteiger partial charge in [-0.3, -0.25) is 0 Å². The van der Waals surface area contributed by atoms with Crippen LogP contribution in [0.4, 0.5) is 11.6 Å². The summed E-state index contributed by atoms with van der Waals surface area (Å²) in [6.45, 7) is 7.53. The second-order valence-electron chi connectivity index (χ2n) is 7.49. The molecule has 1 saturated carbocycles. The van der Waals surface area contributed by atoms with Crippen LogP contribution < -0.4 is 10.2 Å². The van der Waals surface area contributed by atoms with Gasteiger partial charge in [0.2, 0.25) is 0 Å². The molecule has 0 bridgehead atoms. The molecule has 0 amide bonds. The maximum absolute atomic E-state index is 4.92. The van der Waals surface area contributed by atoms with Gasteiger partial charge < -0.3 is 10.2 Å². The maximum Gasteiger partial charge on any atom is 0.136 e. The van der Waals surface area contributed by atoms with Crippen LogP contribution in [0.1, 0.15) is 56.5 Å². The van der Waals surface area contributed by atoms with E-state index in [0.29, 0.717) is 18.0 Å². The molecule has 4 heteroatoms. The minimum Gasteiger partial charge on any atom is -0.368 e. The van der Waals surface area contributed by atoms with E-state index in [-0.39, 0.29) is 0 Å². The van der Waals surface area contributed by atoms with Crippen molar-refractivity contribution < 1.29 is 0 Å². The van der Waals surface area contributed by atoms with Crippen LogP contribution in [-0.4, -0.2) is 22.1 Å². The van der Waals surface area contributed by atoms with Crippen molar-refractivity contribution >= 4 is 11.6 Å². The summed E-state index contributed by atoms with van der Waals surface area (Å²) in [4.78, 5) is 12.1. The lowest BCUT2D eigenvalue weighted by molar-refractivity contribution is 0.585. The summed E-state index contributed by atoms with van der Waals surface area (Å²) >= 11 is 0. The van der Waals surface area contributed by atoms with Gasteiger partial charge in [0, 0.05) is 30.6 Å². The third-order valence-electron chi connectivity index (χ3n) is 4.91. The molecular weight excluding hydrogens is 296 g/mol. The zero-order chi connectivity index (χ0) is 16.7. The van der Waals surface area contributed by atoms with Gasteiger partial charge in [0.1, 0.15) is 17.5 Å². The highest BCUT2D eigenvalue weighted by Gasteiger charge is 2.30. The number of fused-ring (bicyclic) bond motifs is 1. The molecule has 4 nitrogen and oxygen atoms in total. The molecule has 24 heavy (non-hydrogen) atoms. The summed E-state index contributed by atoms with van der Waals surface area (Å²) in [6.07, 6.45) is 3.53. The third-order valence-corrected chi connectivity index (χ3v) is 4.91. The van der Waals surface area contributed by atoms with Gasteiger partial charge in [-0.1, -0.05) is 24.3 Å². The lowest BCUT2D eigenvalue weighted by atomic mass is 9.95. The Kier molecular flexibility index (Phi) is 3.91. The minimum absolute atomic E-state index is 0.374. The van der Waals surface area contributed by atoms with Crippen LogP contribution >= 0.6 is 0 Å². The molecule has 1 fully saturated rings. The highest BCUT2D eigenvalue weighted by molar-refractivity contribution is 5.53. The zero-order valence-electron chi connectivity index (χ0n) is 14.8. The largest absolute Gasteiger partial charge is 0.368 e. The molecule has 126 valence electrons. The van der Waals surface area contributed by atoms with Crippen molar-refractivity contribution in [3.8, 4) is 0 Å². The molecule has 1 atom stereocenters. The summed E-state index contributed by atoms with van der Waals surface area (Å²) < 4.78 is 0. The maximum atomic E-state index is 4.92. The molecule has 1 aromatic carbocycles. The van der Waals surface area contributed by atoms with Crippen LogP contribution in [0.15, 0.2) is 30.3 Å². The fraction of sp³-hybridized carbons (Fsp3) is 0.500. The third kappa shape index (κ3) is 3.10. The Morgan fingerprint density at radius 3 is 2.58 bits per heavy atom. The predicted molar refractivity (Wildman–Crippen MR) is 98.6 cm³/mol. The fourth-order valence-corrected chi connectivity index (χ4v) is 3.48. The van der Waals surface area contributed by atoms with Gasteiger partial charge in [-0.05, 0) is 51.2 Å². The Labute approximate surface area is 144 Å². The summed E-state index contributed by atoms with van der Waals surface area (Å²) in [7, 11) is 0. The molecule has 0 radical (unpaired) electrons. The Morgan fingerprint density at radius 1 is 1.12 bits per heavy atom. The van der Waals surface area contributed by atoms with Crippen molar-refractivity contribution in [2.24, 2.45) is 0 Å². The summed E-state index contributed by atoms with van der Waals surface area (Å²) in [5.41, 5.74) is 2.89. The quantitative estimate of drug-likeness (QED) is 0.919. The Morgan fingerprint density at radius 2 is 1.88 bits per heavy atom. The van der Waals surface area contributed by atoms with E-state index in [1.807, 2.05) is 0 Å². The van der Waals surface area contributed by atoms with Gasteiger partial charge in [-0.25, -0.2) is 9.97 Å². The van der Waals surface area contributed by atoms with Crippen LogP contribution in [0.2, 0.25) is 0 Å². The average molecular weight is 322 g/mol. The van der Waals surface area contributed by atoms with Crippen molar-refractivity contribution in [3.63, 3.8) is 0 Å². The lowest BCUT2D eigenvalue weighted by Gasteiger charge is -2.36. The molecule has 1 aliphatic carbocycles. The number of anilines is 2. The van der Waals surface area contributed by atoms with E-state index in [4.69, 9.17) is 9.97 Å². The molecule has 2 aromatic rings. The van der Waals surface area contributed by atoms with Crippen molar-refractivity contribution in [3.05, 3.63) is 47.3 Å². The minimum atomic E-state index is 0.374. The second kappa shape index (κ2) is 6.08. The number of hydrogen-bond acceptors (Lipinski definition) is 4. The number of benzene rings is 1. The van der Waals surface area contributed by atoms with Crippen LogP contribution in [0.3, 0.4) is 0 Å². The van der Waals surface area contributed by atoms with Crippen LogP contribution in [0, 0.1) is 0 Å². The van der Waals surface area contributed by atoms with Crippen molar-refractivity contribution in [2.75, 3.05) is 10.2 Å². The van der Waals surface area contributed by atoms with Gasteiger partial charge >= 0.3 is 0 Å². The first-order valence-electron chi connectivity index (χ1n) is 9.09. The fourth-order valence-electron chi connectivity index (χ4n) is 3.48. The van der Waals surface area contributed by atoms with Crippen LogP contribution in [0.25, 0.3) is 0 Å². The number of nitrogens with zero attached hydrogens (tertiary/aromatic N) is 3. The van der Waals surface area contributed by atoms with Crippen LogP contribution in [-0.2, 0) is 13.0 Å². The number of hydrogen-bond donors (Lipinski definition) is 1. The first-order chi connectivity index (χ1) is 11.6. The van der Waals surface area contributed by atoms with E-state index in [1.165, 1.54) is 24.0 Å². The van der Waals surface area contributed by atoms with E-state index in [0.717, 1.165) is 30.4 Å². The zero-order valence-corrected chi connectivity index (χ0v) is 14.8. The summed E-state index contributed by atoms with van der Waals surface area (Å²) in [6, 6.07) is 11.7. The number of nitrogens with one attached hydrogen (secondary N) is 1. The highest BCUT2D eigenvalue weighted by Crippen LogP contribution is 2.39. The van der Waals surface area contributed by atoms with Gasteiger partial charge in [0.05, 0.1) is 0 Å². The van der Waals surface area contributed by atoms with Gasteiger partial charge in [-0.15, -0.1) is 0 Å².